The van der Waals surface area contributed by atoms with E-state index in [0.717, 1.165) is 18.5 Å². The number of hydrogen-bond donors (Lipinski definition) is 1. The van der Waals surface area contributed by atoms with E-state index in [2.05, 4.69) is 12.2 Å². The molecule has 0 heterocycles. The predicted octanol–water partition coefficient (Wildman–Crippen LogP) is 9.33. The first-order valence-electron chi connectivity index (χ1n) is 13.5. The third kappa shape index (κ3) is 8.96. The van der Waals surface area contributed by atoms with Gasteiger partial charge in [-0.05, 0) is 25.0 Å². The number of anilines is 1. The second kappa shape index (κ2) is 16.3. The Morgan fingerprint density at radius 1 is 0.571 bits per heavy atom. The quantitative estimate of drug-likeness (QED) is 0.236. The summed E-state index contributed by atoms with van der Waals surface area (Å²) in [7, 11) is 0. The zero-order chi connectivity index (χ0) is 24.0. The van der Waals surface area contributed by atoms with E-state index in [1.807, 2.05) is 42.5 Å². The molecule has 1 aliphatic carbocycles. The van der Waals surface area contributed by atoms with Crippen molar-refractivity contribution in [2.24, 2.45) is 0 Å². The fraction of sp³-hybridized carbons (Fsp3) is 0.484. The molecule has 1 N–H and O–H groups in total. The van der Waals surface area contributed by atoms with E-state index >= 15 is 0 Å². The highest BCUT2D eigenvalue weighted by Crippen LogP contribution is 2.30. The van der Waals surface area contributed by atoms with Crippen LogP contribution in [0.2, 0.25) is 0 Å². The van der Waals surface area contributed by atoms with Crippen LogP contribution in [0.3, 0.4) is 0 Å². The van der Waals surface area contributed by atoms with Crippen LogP contribution in [0.5, 0.6) is 0 Å². The first kappa shape index (κ1) is 28.8. The molecule has 0 radical (unpaired) electrons. The van der Waals surface area contributed by atoms with Crippen LogP contribution in [0.1, 0.15) is 118 Å². The minimum atomic E-state index is -0.0799. The summed E-state index contributed by atoms with van der Waals surface area (Å²) < 4.78 is 0. The van der Waals surface area contributed by atoms with Crippen molar-refractivity contribution in [3.8, 4) is 0 Å². The lowest BCUT2D eigenvalue weighted by Crippen LogP contribution is -2.26. The summed E-state index contributed by atoms with van der Waals surface area (Å²) in [5, 5.41) is 3.26. The van der Waals surface area contributed by atoms with Crippen molar-refractivity contribution in [2.75, 3.05) is 5.32 Å². The summed E-state index contributed by atoms with van der Waals surface area (Å²) in [5.74, 6) is -0.0867. The molecule has 0 amide bonds. The van der Waals surface area contributed by atoms with Gasteiger partial charge >= 0.3 is 0 Å². The van der Waals surface area contributed by atoms with Crippen LogP contribution in [0.4, 0.5) is 5.69 Å². The van der Waals surface area contributed by atoms with Crippen LogP contribution >= 0.6 is 12.4 Å². The average molecular weight is 496 g/mol. The normalized spacial score (nSPS) is 12.9. The summed E-state index contributed by atoms with van der Waals surface area (Å²) >= 11 is 0. The van der Waals surface area contributed by atoms with E-state index in [4.69, 9.17) is 0 Å². The van der Waals surface area contributed by atoms with Crippen LogP contribution < -0.4 is 5.32 Å². The highest BCUT2D eigenvalue weighted by Gasteiger charge is 2.31. The fourth-order valence-corrected chi connectivity index (χ4v) is 4.78. The second-order valence-corrected chi connectivity index (χ2v) is 9.54. The van der Waals surface area contributed by atoms with Crippen molar-refractivity contribution >= 4 is 29.7 Å². The Labute approximate surface area is 218 Å². The lowest BCUT2D eigenvalue weighted by Gasteiger charge is -2.22. The number of Topliss-reactive ketones (excluding diaryl/α,β-unsaturated/α-hetero) is 2. The number of benzene rings is 2. The molecule has 3 rings (SSSR count). The van der Waals surface area contributed by atoms with Crippen LogP contribution in [-0.4, -0.2) is 11.6 Å². The molecule has 4 heteroatoms. The van der Waals surface area contributed by atoms with Gasteiger partial charge in [-0.15, -0.1) is 12.4 Å². The molecule has 0 bridgehead atoms. The third-order valence-corrected chi connectivity index (χ3v) is 6.79. The Balaban J connectivity index is 0.00000432. The number of nitrogens with one attached hydrogen (secondary N) is 1. The smallest absolute Gasteiger partial charge is 0.210 e. The second-order valence-electron chi connectivity index (χ2n) is 9.54. The van der Waals surface area contributed by atoms with Crippen LogP contribution in [0, 0.1) is 0 Å². The molecule has 0 aliphatic heterocycles. The molecule has 35 heavy (non-hydrogen) atoms. The maximum atomic E-state index is 13.3. The molecule has 2 aromatic rings. The summed E-state index contributed by atoms with van der Waals surface area (Å²) in [6.45, 7) is 2.27. The zero-order valence-corrected chi connectivity index (χ0v) is 22.1. The van der Waals surface area contributed by atoms with E-state index in [1.54, 1.807) is 12.1 Å². The lowest BCUT2D eigenvalue weighted by molar-refractivity contribution is 0.0972. The molecule has 0 fully saturated rings. The molecule has 0 spiro atoms. The van der Waals surface area contributed by atoms with Crippen LogP contribution in [0.25, 0.3) is 0 Å². The monoisotopic (exact) mass is 495 g/mol. The molecular formula is C31H42ClNO2. The van der Waals surface area contributed by atoms with E-state index in [1.165, 1.54) is 70.6 Å². The number of halogens is 1. The molecule has 3 nitrogen and oxygen atoms in total. The molecule has 2 aromatic carbocycles. The number of para-hydroxylation sites is 1. The molecule has 1 aliphatic rings. The van der Waals surface area contributed by atoms with E-state index < -0.39 is 0 Å². The SMILES string of the molecule is CCCCCCCCCCCCCCCC1=C(Nc2ccccc2)C(=O)c2ccccc2C1=O.Cl. The minimum Gasteiger partial charge on any atom is -0.352 e. The minimum absolute atomic E-state index is 0. The first-order valence-corrected chi connectivity index (χ1v) is 13.5. The molecule has 0 atom stereocenters. The number of allylic oxidation sites excluding steroid dienone is 2. The van der Waals surface area contributed by atoms with Gasteiger partial charge in [0.15, 0.2) is 5.78 Å². The summed E-state index contributed by atoms with van der Waals surface area (Å²) in [6.07, 6.45) is 17.4. The maximum absolute atomic E-state index is 13.3. The molecule has 0 unspecified atom stereocenters. The number of unbranched alkanes of at least 4 members (excludes halogenated alkanes) is 12. The van der Waals surface area contributed by atoms with Gasteiger partial charge in [-0.1, -0.05) is 126 Å². The van der Waals surface area contributed by atoms with Gasteiger partial charge < -0.3 is 5.32 Å². The highest BCUT2D eigenvalue weighted by molar-refractivity contribution is 6.27. The summed E-state index contributed by atoms with van der Waals surface area (Å²) in [4.78, 5) is 26.5. The predicted molar refractivity (Wildman–Crippen MR) is 150 cm³/mol. The van der Waals surface area contributed by atoms with Gasteiger partial charge in [0.05, 0.1) is 5.70 Å². The third-order valence-electron chi connectivity index (χ3n) is 6.79. The van der Waals surface area contributed by atoms with Gasteiger partial charge in [0.25, 0.3) is 0 Å². The molecule has 0 aromatic heterocycles. The molecule has 190 valence electrons. The number of hydrogen-bond acceptors (Lipinski definition) is 3. The average Bonchev–Trinajstić information content (AvgIpc) is 2.87. The number of carbonyl (C=O) groups is 2. The van der Waals surface area contributed by atoms with Crippen molar-refractivity contribution in [1.82, 2.24) is 0 Å². The topological polar surface area (TPSA) is 46.2 Å². The lowest BCUT2D eigenvalue weighted by atomic mass is 9.84. The Kier molecular flexibility index (Phi) is 13.4. The Morgan fingerprint density at radius 3 is 1.57 bits per heavy atom. The standard InChI is InChI=1S/C31H41NO2.ClH/c1-2-3-4-5-6-7-8-9-10-11-12-13-17-24-28-29(32-25-20-15-14-16-21-25)31(34)27-23-19-18-22-26(27)30(28)33;/h14-16,18-23,32H,2-13,17,24H2,1H3;1H. The van der Waals surface area contributed by atoms with Crippen LogP contribution in [-0.2, 0) is 0 Å². The largest absolute Gasteiger partial charge is 0.352 e. The maximum Gasteiger partial charge on any atom is 0.210 e. The summed E-state index contributed by atoms with van der Waals surface area (Å²) in [6, 6.07) is 16.8. The number of rotatable bonds is 16. The Hall–Kier alpha value is -2.39. The number of fused-ring (bicyclic) bond motifs is 1. The zero-order valence-electron chi connectivity index (χ0n) is 21.3. The Morgan fingerprint density at radius 2 is 1.03 bits per heavy atom. The fourth-order valence-electron chi connectivity index (χ4n) is 4.78. The molecule has 0 saturated carbocycles. The Bertz CT molecular complexity index is 951. The number of ketones is 2. The molecule has 0 saturated heterocycles. The van der Waals surface area contributed by atoms with Crippen molar-refractivity contribution in [1.29, 1.82) is 0 Å². The van der Waals surface area contributed by atoms with E-state index in [9.17, 15) is 9.59 Å². The van der Waals surface area contributed by atoms with Gasteiger partial charge in [0.1, 0.15) is 0 Å². The van der Waals surface area contributed by atoms with Gasteiger partial charge in [-0.25, -0.2) is 0 Å². The summed E-state index contributed by atoms with van der Waals surface area (Å²) in [5.41, 5.74) is 2.96. The van der Waals surface area contributed by atoms with Crippen molar-refractivity contribution in [3.05, 3.63) is 77.0 Å². The van der Waals surface area contributed by atoms with Gasteiger partial charge in [0, 0.05) is 22.4 Å². The van der Waals surface area contributed by atoms with Crippen LogP contribution in [0.15, 0.2) is 65.9 Å². The van der Waals surface area contributed by atoms with Gasteiger partial charge in [0.2, 0.25) is 5.78 Å². The first-order chi connectivity index (χ1) is 16.7. The van der Waals surface area contributed by atoms with Crippen molar-refractivity contribution < 1.29 is 9.59 Å². The van der Waals surface area contributed by atoms with Gasteiger partial charge in [-0.3, -0.25) is 9.59 Å². The highest BCUT2D eigenvalue weighted by atomic mass is 35.5. The van der Waals surface area contributed by atoms with E-state index in [0.29, 0.717) is 28.8 Å². The molecular weight excluding hydrogens is 454 g/mol. The van der Waals surface area contributed by atoms with Gasteiger partial charge in [-0.2, -0.15) is 0 Å². The van der Waals surface area contributed by atoms with E-state index in [-0.39, 0.29) is 24.0 Å². The van der Waals surface area contributed by atoms with Crippen molar-refractivity contribution in [3.63, 3.8) is 0 Å². The van der Waals surface area contributed by atoms with Crippen molar-refractivity contribution in [2.45, 2.75) is 96.8 Å². The number of carbonyl (C=O) groups excluding carboxylic acids is 2.